The summed E-state index contributed by atoms with van der Waals surface area (Å²) in [5.74, 6) is -1.81. The van der Waals surface area contributed by atoms with Crippen molar-refractivity contribution in [2.24, 2.45) is 0 Å². The van der Waals surface area contributed by atoms with Gasteiger partial charge in [-0.05, 0) is 37.1 Å². The fourth-order valence-corrected chi connectivity index (χ4v) is 3.33. The molecule has 8 heteroatoms. The van der Waals surface area contributed by atoms with Crippen LogP contribution in [0.5, 0.6) is 5.75 Å². The number of rotatable bonds is 7. The highest BCUT2D eigenvalue weighted by atomic mass is 19.1. The van der Waals surface area contributed by atoms with E-state index in [0.717, 1.165) is 18.9 Å². The Hall–Kier alpha value is -3.16. The van der Waals surface area contributed by atoms with E-state index in [4.69, 9.17) is 4.74 Å². The predicted molar refractivity (Wildman–Crippen MR) is 111 cm³/mol. The average molecular weight is 417 g/mol. The molecule has 1 unspecified atom stereocenters. The maximum atomic E-state index is 13.8. The second-order valence-electron chi connectivity index (χ2n) is 7.15. The first-order valence-corrected chi connectivity index (χ1v) is 9.97. The van der Waals surface area contributed by atoms with Crippen molar-refractivity contribution in [3.05, 3.63) is 54.1 Å². The van der Waals surface area contributed by atoms with Gasteiger partial charge in [-0.2, -0.15) is 0 Å². The van der Waals surface area contributed by atoms with E-state index in [1.54, 1.807) is 29.2 Å². The number of anilines is 2. The fourth-order valence-electron chi connectivity index (χ4n) is 3.33. The van der Waals surface area contributed by atoms with Crippen LogP contribution in [0.1, 0.15) is 26.7 Å². The van der Waals surface area contributed by atoms with Gasteiger partial charge in [0.15, 0.2) is 6.10 Å². The monoisotopic (exact) mass is 417 g/mol. The summed E-state index contributed by atoms with van der Waals surface area (Å²) in [4.78, 5) is 26.9. The van der Waals surface area contributed by atoms with Crippen LogP contribution in [-0.4, -0.2) is 37.0 Å². The van der Waals surface area contributed by atoms with Gasteiger partial charge < -0.3 is 20.3 Å². The fraction of sp³-hybridized carbons (Fsp3) is 0.364. The average Bonchev–Trinajstić information content (AvgIpc) is 2.73. The van der Waals surface area contributed by atoms with Crippen molar-refractivity contribution in [1.82, 2.24) is 5.32 Å². The van der Waals surface area contributed by atoms with E-state index >= 15 is 0 Å². The maximum Gasteiger partial charge on any atom is 0.263 e. The minimum atomic E-state index is -0.854. The van der Waals surface area contributed by atoms with Crippen LogP contribution < -0.4 is 20.3 Å². The van der Waals surface area contributed by atoms with Crippen LogP contribution in [0.25, 0.3) is 0 Å². The Morgan fingerprint density at radius 2 is 1.90 bits per heavy atom. The first-order chi connectivity index (χ1) is 14.4. The van der Waals surface area contributed by atoms with Crippen molar-refractivity contribution in [3.8, 4) is 5.75 Å². The third kappa shape index (κ3) is 5.06. The molecule has 0 bridgehead atoms. The summed E-state index contributed by atoms with van der Waals surface area (Å²) >= 11 is 0. The van der Waals surface area contributed by atoms with Crippen molar-refractivity contribution in [3.63, 3.8) is 0 Å². The molecule has 2 aromatic carbocycles. The Morgan fingerprint density at radius 1 is 1.17 bits per heavy atom. The zero-order valence-corrected chi connectivity index (χ0v) is 17.0. The third-order valence-electron chi connectivity index (χ3n) is 5.03. The zero-order valence-electron chi connectivity index (χ0n) is 17.0. The molecule has 2 aromatic rings. The van der Waals surface area contributed by atoms with Crippen molar-refractivity contribution in [2.45, 2.75) is 38.8 Å². The number of halogens is 2. The second-order valence-corrected chi connectivity index (χ2v) is 7.15. The minimum absolute atomic E-state index is 0.0523. The lowest BCUT2D eigenvalue weighted by Gasteiger charge is -2.35. The van der Waals surface area contributed by atoms with Crippen LogP contribution in [-0.2, 0) is 9.59 Å². The lowest BCUT2D eigenvalue weighted by Crippen LogP contribution is -2.52. The summed E-state index contributed by atoms with van der Waals surface area (Å²) in [6.07, 6.45) is 0.831. The molecule has 0 saturated carbocycles. The summed E-state index contributed by atoms with van der Waals surface area (Å²) in [5.41, 5.74) is 0.560. The van der Waals surface area contributed by atoms with E-state index in [-0.39, 0.29) is 30.7 Å². The summed E-state index contributed by atoms with van der Waals surface area (Å²) in [6, 6.07) is 10.1. The van der Waals surface area contributed by atoms with Gasteiger partial charge in [-0.3, -0.25) is 9.59 Å². The van der Waals surface area contributed by atoms with Gasteiger partial charge in [0.2, 0.25) is 5.91 Å². The number of nitrogens with one attached hydrogen (secondary N) is 2. The van der Waals surface area contributed by atoms with Crippen LogP contribution in [0.15, 0.2) is 42.5 Å². The van der Waals surface area contributed by atoms with E-state index in [1.165, 1.54) is 6.07 Å². The molecule has 1 atom stereocenters. The van der Waals surface area contributed by atoms with Crippen molar-refractivity contribution in [2.75, 3.05) is 23.3 Å². The van der Waals surface area contributed by atoms with Gasteiger partial charge in [0.1, 0.15) is 17.4 Å². The van der Waals surface area contributed by atoms with E-state index in [9.17, 15) is 18.4 Å². The van der Waals surface area contributed by atoms with Crippen LogP contribution in [0, 0.1) is 11.6 Å². The van der Waals surface area contributed by atoms with Gasteiger partial charge in [-0.1, -0.05) is 26.0 Å². The third-order valence-corrected chi connectivity index (χ3v) is 5.03. The Bertz CT molecular complexity index is 918. The van der Waals surface area contributed by atoms with Crippen LogP contribution in [0.2, 0.25) is 0 Å². The number of para-hydroxylation sites is 2. The number of carbonyl (C=O) groups excluding carboxylic acids is 2. The van der Waals surface area contributed by atoms with Crippen LogP contribution in [0.3, 0.4) is 0 Å². The molecule has 1 heterocycles. The molecule has 6 nitrogen and oxygen atoms in total. The molecule has 2 amide bonds. The smallest absolute Gasteiger partial charge is 0.263 e. The lowest BCUT2D eigenvalue weighted by molar-refractivity contribution is -0.129. The Kier molecular flexibility index (Phi) is 6.87. The SMILES string of the molecule is CCC(CC)NC(=O)C1CN(CC(=O)Nc2ccc(F)cc2F)c2ccccc2O1. The number of nitrogens with zero attached hydrogens (tertiary/aromatic N) is 1. The molecule has 0 aromatic heterocycles. The molecular weight excluding hydrogens is 392 g/mol. The highest BCUT2D eigenvalue weighted by Crippen LogP contribution is 2.33. The van der Waals surface area contributed by atoms with Gasteiger partial charge >= 0.3 is 0 Å². The van der Waals surface area contributed by atoms with Crippen molar-refractivity contribution in [1.29, 1.82) is 0 Å². The summed E-state index contributed by atoms with van der Waals surface area (Å²) in [7, 11) is 0. The van der Waals surface area contributed by atoms with E-state index < -0.39 is 23.6 Å². The molecule has 0 saturated heterocycles. The number of hydrogen-bond donors (Lipinski definition) is 2. The topological polar surface area (TPSA) is 70.7 Å². The lowest BCUT2D eigenvalue weighted by atomic mass is 10.1. The maximum absolute atomic E-state index is 13.8. The molecule has 160 valence electrons. The Morgan fingerprint density at radius 3 is 2.60 bits per heavy atom. The second kappa shape index (κ2) is 9.56. The van der Waals surface area contributed by atoms with Crippen LogP contribution >= 0.6 is 0 Å². The van der Waals surface area contributed by atoms with E-state index in [2.05, 4.69) is 10.6 Å². The van der Waals surface area contributed by atoms with Gasteiger partial charge in [0.25, 0.3) is 5.91 Å². The molecule has 30 heavy (non-hydrogen) atoms. The highest BCUT2D eigenvalue weighted by molar-refractivity contribution is 5.95. The van der Waals surface area contributed by atoms with E-state index in [0.29, 0.717) is 17.5 Å². The largest absolute Gasteiger partial charge is 0.477 e. The molecule has 1 aliphatic rings. The number of benzene rings is 2. The molecule has 3 rings (SSSR count). The molecular formula is C22H25F2N3O3. The van der Waals surface area contributed by atoms with Gasteiger partial charge in [0.05, 0.1) is 24.5 Å². The Labute approximate surface area is 174 Å². The zero-order chi connectivity index (χ0) is 21.7. The molecule has 0 radical (unpaired) electrons. The number of amides is 2. The standard InChI is InChI=1S/C22H25F2N3O3/c1-3-15(4-2)25-22(29)20-12-27(18-7-5-6-8-19(18)30-20)13-21(28)26-17-10-9-14(23)11-16(17)24/h5-11,15,20H,3-4,12-13H2,1-2H3,(H,25,29)(H,26,28). The van der Waals surface area contributed by atoms with E-state index in [1.807, 2.05) is 13.8 Å². The first kappa shape index (κ1) is 21.5. The quantitative estimate of drug-likeness (QED) is 0.724. The van der Waals surface area contributed by atoms with Crippen LogP contribution in [0.4, 0.5) is 20.2 Å². The molecule has 0 aliphatic carbocycles. The molecule has 0 spiro atoms. The van der Waals surface area contributed by atoms with Gasteiger partial charge in [-0.15, -0.1) is 0 Å². The molecule has 2 N–H and O–H groups in total. The summed E-state index contributed by atoms with van der Waals surface area (Å²) in [5, 5.41) is 5.41. The first-order valence-electron chi connectivity index (χ1n) is 9.97. The minimum Gasteiger partial charge on any atom is -0.477 e. The van der Waals surface area contributed by atoms with Gasteiger partial charge in [0, 0.05) is 12.1 Å². The summed E-state index contributed by atoms with van der Waals surface area (Å²) < 4.78 is 32.8. The molecule has 0 fully saturated rings. The molecule has 1 aliphatic heterocycles. The Balaban J connectivity index is 1.73. The number of fused-ring (bicyclic) bond motifs is 1. The number of carbonyl (C=O) groups is 2. The number of ether oxygens (including phenoxy) is 1. The van der Waals surface area contributed by atoms with Gasteiger partial charge in [-0.25, -0.2) is 8.78 Å². The predicted octanol–water partition coefficient (Wildman–Crippen LogP) is 3.48. The highest BCUT2D eigenvalue weighted by Gasteiger charge is 2.32. The number of hydrogen-bond acceptors (Lipinski definition) is 4. The normalized spacial score (nSPS) is 15.4. The van der Waals surface area contributed by atoms with Crippen molar-refractivity contribution < 1.29 is 23.1 Å². The van der Waals surface area contributed by atoms with Crippen molar-refractivity contribution >= 4 is 23.2 Å². The summed E-state index contributed by atoms with van der Waals surface area (Å²) in [6.45, 7) is 4.04.